The Balaban J connectivity index is 2.18. The van der Waals surface area contributed by atoms with Gasteiger partial charge in [-0.2, -0.15) is 0 Å². The lowest BCUT2D eigenvalue weighted by Crippen LogP contribution is -3.16. The number of likely N-dealkylation sites (tertiary alicyclic amines) is 1. The highest BCUT2D eigenvalue weighted by molar-refractivity contribution is 4.55. The first kappa shape index (κ1) is 9.01. The van der Waals surface area contributed by atoms with Gasteiger partial charge in [0, 0.05) is 6.42 Å². The summed E-state index contributed by atoms with van der Waals surface area (Å²) in [6.45, 7) is 6.25. The lowest BCUT2D eigenvalue weighted by molar-refractivity contribution is -0.929. The Hall–Kier alpha value is -0.0800. The molecule has 2 nitrogen and oxygen atoms in total. The van der Waals surface area contributed by atoms with Crippen LogP contribution in [0.2, 0.25) is 0 Å². The normalized spacial score (nSPS) is 32.2. The van der Waals surface area contributed by atoms with Crippen LogP contribution < -0.4 is 10.6 Å². The maximum absolute atomic E-state index is 3.88. The minimum Gasteiger partial charge on any atom is -0.357 e. The van der Waals surface area contributed by atoms with Gasteiger partial charge in [-0.1, -0.05) is 0 Å². The summed E-state index contributed by atoms with van der Waals surface area (Å²) in [5.41, 5.74) is 3.88. The number of hydrogen-bond acceptors (Lipinski definition) is 0. The maximum Gasteiger partial charge on any atom is 0.0846 e. The van der Waals surface area contributed by atoms with Crippen molar-refractivity contribution in [1.29, 1.82) is 0 Å². The van der Waals surface area contributed by atoms with Crippen molar-refractivity contribution in [3.63, 3.8) is 0 Å². The van der Waals surface area contributed by atoms with Gasteiger partial charge in [0.2, 0.25) is 0 Å². The minimum atomic E-state index is 0.912. The highest BCUT2D eigenvalue weighted by Gasteiger charge is 2.20. The molecule has 2 heteroatoms. The first-order valence-electron chi connectivity index (χ1n) is 4.98. The van der Waals surface area contributed by atoms with E-state index in [1.807, 2.05) is 4.90 Å². The van der Waals surface area contributed by atoms with Gasteiger partial charge in [-0.05, 0) is 26.2 Å². The smallest absolute Gasteiger partial charge is 0.0846 e. The van der Waals surface area contributed by atoms with Crippen molar-refractivity contribution >= 4 is 0 Å². The summed E-state index contributed by atoms with van der Waals surface area (Å²) in [6, 6.07) is 0.912. The predicted octanol–water partition coefficient (Wildman–Crippen LogP) is -0.924. The van der Waals surface area contributed by atoms with Gasteiger partial charge < -0.3 is 10.6 Å². The van der Waals surface area contributed by atoms with Crippen LogP contribution >= 0.6 is 0 Å². The van der Waals surface area contributed by atoms with Gasteiger partial charge in [0.05, 0.1) is 25.7 Å². The van der Waals surface area contributed by atoms with Crippen LogP contribution in [-0.4, -0.2) is 25.7 Å². The van der Waals surface area contributed by atoms with Gasteiger partial charge >= 0.3 is 0 Å². The second-order valence-corrected chi connectivity index (χ2v) is 3.76. The molecule has 1 aliphatic heterocycles. The average Bonchev–Trinajstić information content (AvgIpc) is 2.03. The first-order valence-corrected chi connectivity index (χ1v) is 4.98. The fraction of sp³-hybridized carbons (Fsp3) is 1.00. The molecule has 0 aromatic rings. The molecule has 1 aliphatic rings. The van der Waals surface area contributed by atoms with Crippen molar-refractivity contribution in [3.8, 4) is 0 Å². The second kappa shape index (κ2) is 4.73. The van der Waals surface area contributed by atoms with Crippen molar-refractivity contribution < 1.29 is 10.6 Å². The van der Waals surface area contributed by atoms with Crippen molar-refractivity contribution in [2.75, 3.05) is 19.6 Å². The van der Waals surface area contributed by atoms with E-state index in [1.165, 1.54) is 38.8 Å². The monoisotopic (exact) mass is 158 g/mol. The van der Waals surface area contributed by atoms with Gasteiger partial charge in [-0.25, -0.2) is 0 Å². The molecule has 1 rings (SSSR count). The van der Waals surface area contributed by atoms with E-state index in [2.05, 4.69) is 12.7 Å². The Bertz CT molecular complexity index is 104. The Morgan fingerprint density at radius 3 is 2.91 bits per heavy atom. The van der Waals surface area contributed by atoms with E-state index in [1.54, 1.807) is 0 Å². The standard InChI is InChI=1S/C9H20N2/c1-9-5-2-3-7-11(9)8-4-6-10/h9H,2-8,10H2,1H3/p+2/t9-/m1/s1. The van der Waals surface area contributed by atoms with E-state index >= 15 is 0 Å². The molecule has 0 aromatic heterocycles. The van der Waals surface area contributed by atoms with Gasteiger partial charge in [0.1, 0.15) is 0 Å². The number of nitrogens with one attached hydrogen (secondary N) is 1. The summed E-state index contributed by atoms with van der Waals surface area (Å²) in [4.78, 5) is 1.82. The summed E-state index contributed by atoms with van der Waals surface area (Å²) >= 11 is 0. The molecular weight excluding hydrogens is 136 g/mol. The summed E-state index contributed by atoms with van der Waals surface area (Å²) in [7, 11) is 0. The van der Waals surface area contributed by atoms with Crippen LogP contribution in [0.3, 0.4) is 0 Å². The SMILES string of the molecule is C[C@@H]1CCCC[NH+]1CCC[NH3+]. The molecule has 1 saturated heterocycles. The molecule has 0 aromatic carbocycles. The molecule has 0 saturated carbocycles. The van der Waals surface area contributed by atoms with Gasteiger partial charge in [-0.3, -0.25) is 0 Å². The third-order valence-electron chi connectivity index (χ3n) is 2.83. The summed E-state index contributed by atoms with van der Waals surface area (Å²) in [5.74, 6) is 0. The topological polar surface area (TPSA) is 32.1 Å². The largest absolute Gasteiger partial charge is 0.357 e. The van der Waals surface area contributed by atoms with Crippen LogP contribution in [0.1, 0.15) is 32.6 Å². The fourth-order valence-corrected chi connectivity index (χ4v) is 1.98. The predicted molar refractivity (Wildman–Crippen MR) is 46.4 cm³/mol. The van der Waals surface area contributed by atoms with Crippen LogP contribution in [0.15, 0.2) is 0 Å². The van der Waals surface area contributed by atoms with Crippen molar-refractivity contribution in [2.24, 2.45) is 0 Å². The zero-order chi connectivity index (χ0) is 8.10. The molecule has 1 unspecified atom stereocenters. The van der Waals surface area contributed by atoms with Crippen molar-refractivity contribution in [1.82, 2.24) is 0 Å². The molecule has 1 fully saturated rings. The van der Waals surface area contributed by atoms with Gasteiger partial charge in [0.15, 0.2) is 0 Å². The van der Waals surface area contributed by atoms with Gasteiger partial charge in [0.25, 0.3) is 0 Å². The summed E-state index contributed by atoms with van der Waals surface area (Å²) in [5, 5.41) is 0. The molecule has 0 bridgehead atoms. The van der Waals surface area contributed by atoms with E-state index in [9.17, 15) is 0 Å². The molecule has 0 spiro atoms. The number of piperidine rings is 1. The average molecular weight is 158 g/mol. The third-order valence-corrected chi connectivity index (χ3v) is 2.83. The number of rotatable bonds is 3. The molecule has 0 aliphatic carbocycles. The Labute approximate surface area is 69.8 Å². The summed E-state index contributed by atoms with van der Waals surface area (Å²) in [6.07, 6.45) is 5.64. The van der Waals surface area contributed by atoms with Crippen molar-refractivity contribution in [3.05, 3.63) is 0 Å². The van der Waals surface area contributed by atoms with E-state index in [0.29, 0.717) is 0 Å². The number of hydrogen-bond donors (Lipinski definition) is 2. The molecule has 66 valence electrons. The van der Waals surface area contributed by atoms with Gasteiger partial charge in [-0.15, -0.1) is 0 Å². The first-order chi connectivity index (χ1) is 5.34. The third kappa shape index (κ3) is 2.80. The zero-order valence-electron chi connectivity index (χ0n) is 7.73. The highest BCUT2D eigenvalue weighted by Crippen LogP contribution is 2.01. The molecule has 4 N–H and O–H groups in total. The molecule has 0 amide bonds. The maximum atomic E-state index is 3.88. The lowest BCUT2D eigenvalue weighted by atomic mass is 10.0. The molecule has 11 heavy (non-hydrogen) atoms. The minimum absolute atomic E-state index is 0.912. The molecular formula is C9H22N2+2. The van der Waals surface area contributed by atoms with E-state index < -0.39 is 0 Å². The molecule has 2 atom stereocenters. The lowest BCUT2D eigenvalue weighted by Gasteiger charge is -2.29. The van der Waals surface area contributed by atoms with Crippen LogP contribution in [0.4, 0.5) is 0 Å². The van der Waals surface area contributed by atoms with E-state index in [-0.39, 0.29) is 0 Å². The van der Waals surface area contributed by atoms with Crippen LogP contribution in [-0.2, 0) is 0 Å². The Morgan fingerprint density at radius 1 is 1.45 bits per heavy atom. The van der Waals surface area contributed by atoms with Crippen LogP contribution in [0.5, 0.6) is 0 Å². The molecule has 0 radical (unpaired) electrons. The Morgan fingerprint density at radius 2 is 2.27 bits per heavy atom. The van der Waals surface area contributed by atoms with E-state index in [0.717, 1.165) is 12.6 Å². The fourth-order valence-electron chi connectivity index (χ4n) is 1.98. The van der Waals surface area contributed by atoms with E-state index in [4.69, 9.17) is 0 Å². The molecule has 1 heterocycles. The summed E-state index contributed by atoms with van der Waals surface area (Å²) < 4.78 is 0. The quantitative estimate of drug-likeness (QED) is 0.532. The van der Waals surface area contributed by atoms with Crippen LogP contribution in [0, 0.1) is 0 Å². The highest BCUT2D eigenvalue weighted by atomic mass is 15.2. The van der Waals surface area contributed by atoms with Crippen LogP contribution in [0.25, 0.3) is 0 Å². The Kier molecular flexibility index (Phi) is 3.87. The second-order valence-electron chi connectivity index (χ2n) is 3.76. The van der Waals surface area contributed by atoms with Crippen molar-refractivity contribution in [2.45, 2.75) is 38.6 Å². The number of quaternary nitrogens is 2. The zero-order valence-corrected chi connectivity index (χ0v) is 7.73.